The maximum absolute atomic E-state index is 10.8. The van der Waals surface area contributed by atoms with Crippen molar-refractivity contribution in [3.63, 3.8) is 0 Å². The summed E-state index contributed by atoms with van der Waals surface area (Å²) in [5.74, 6) is 0. The molecule has 0 unspecified atom stereocenters. The molecule has 0 amide bonds. The molecule has 3 rings (SSSR count). The summed E-state index contributed by atoms with van der Waals surface area (Å²) in [6.45, 7) is 0. The van der Waals surface area contributed by atoms with E-state index in [2.05, 4.69) is 10.1 Å². The predicted octanol–water partition coefficient (Wildman–Crippen LogP) is 2.60. The van der Waals surface area contributed by atoms with Gasteiger partial charge in [0, 0.05) is 12.1 Å². The molecule has 0 bridgehead atoms. The second-order valence-electron chi connectivity index (χ2n) is 3.88. The van der Waals surface area contributed by atoms with Gasteiger partial charge in [-0.1, -0.05) is 5.16 Å². The lowest BCUT2D eigenvalue weighted by molar-refractivity contribution is -0.384. The van der Waals surface area contributed by atoms with E-state index in [1.54, 1.807) is 24.3 Å². The first-order chi connectivity index (χ1) is 9.17. The summed E-state index contributed by atoms with van der Waals surface area (Å²) < 4.78 is 0.719. The van der Waals surface area contributed by atoms with Crippen LogP contribution in [0.15, 0.2) is 41.6 Å². The van der Waals surface area contributed by atoms with Crippen molar-refractivity contribution in [2.24, 2.45) is 5.16 Å². The van der Waals surface area contributed by atoms with E-state index in [9.17, 15) is 10.1 Å². The third-order valence-electron chi connectivity index (χ3n) is 2.67. The molecule has 0 aromatic heterocycles. The highest BCUT2D eigenvalue weighted by atomic mass is 32.1. The van der Waals surface area contributed by atoms with Crippen molar-refractivity contribution in [2.75, 3.05) is 0 Å². The van der Waals surface area contributed by atoms with E-state index in [-0.39, 0.29) is 5.69 Å². The summed E-state index contributed by atoms with van der Waals surface area (Å²) in [5.41, 5.74) is 1.50. The molecule has 0 saturated carbocycles. The van der Waals surface area contributed by atoms with Gasteiger partial charge >= 0.3 is 0 Å². The molecule has 1 aliphatic heterocycles. The molecule has 1 N–H and O–H groups in total. The SMILES string of the molecule is O=[N+]([O-])c1ccc2nc3ccc(=NO)cc-3sc2c1. The van der Waals surface area contributed by atoms with Gasteiger partial charge in [-0.15, -0.1) is 11.3 Å². The van der Waals surface area contributed by atoms with Crippen LogP contribution in [0.25, 0.3) is 20.8 Å². The van der Waals surface area contributed by atoms with Gasteiger partial charge in [-0.3, -0.25) is 10.1 Å². The maximum Gasteiger partial charge on any atom is 0.270 e. The molecule has 0 fully saturated rings. The van der Waals surface area contributed by atoms with Gasteiger partial charge in [-0.05, 0) is 24.3 Å². The van der Waals surface area contributed by atoms with Crippen LogP contribution in [0, 0.1) is 10.1 Å². The molecule has 1 aliphatic carbocycles. The van der Waals surface area contributed by atoms with Crippen LogP contribution in [-0.2, 0) is 0 Å². The van der Waals surface area contributed by atoms with Crippen molar-refractivity contribution in [3.05, 3.63) is 51.9 Å². The summed E-state index contributed by atoms with van der Waals surface area (Å²) in [5, 5.41) is 23.0. The van der Waals surface area contributed by atoms with Crippen LogP contribution in [0.4, 0.5) is 5.69 Å². The third-order valence-corrected chi connectivity index (χ3v) is 3.77. The van der Waals surface area contributed by atoms with Crippen LogP contribution < -0.4 is 5.36 Å². The number of rotatable bonds is 1. The molecular formula is C12H7N3O3S. The number of non-ortho nitro benzene ring substituents is 1. The Hall–Kier alpha value is -2.54. The first kappa shape index (κ1) is 11.5. The lowest BCUT2D eigenvalue weighted by atomic mass is 10.2. The quantitative estimate of drug-likeness (QED) is 0.319. The number of fused-ring (bicyclic) bond motifs is 2. The molecule has 94 valence electrons. The van der Waals surface area contributed by atoms with E-state index in [4.69, 9.17) is 5.21 Å². The lowest BCUT2D eigenvalue weighted by Crippen LogP contribution is -2.01. The molecule has 2 aliphatic rings. The van der Waals surface area contributed by atoms with E-state index in [1.165, 1.54) is 23.5 Å². The Morgan fingerprint density at radius 1 is 1.26 bits per heavy atom. The van der Waals surface area contributed by atoms with Crippen molar-refractivity contribution < 1.29 is 10.1 Å². The molecule has 1 aromatic carbocycles. The number of nitro groups is 1. The van der Waals surface area contributed by atoms with E-state index >= 15 is 0 Å². The summed E-state index contributed by atoms with van der Waals surface area (Å²) in [4.78, 5) is 15.5. The molecule has 0 saturated heterocycles. The van der Waals surface area contributed by atoms with Crippen molar-refractivity contribution in [1.82, 2.24) is 4.98 Å². The first-order valence-electron chi connectivity index (χ1n) is 5.34. The Labute approximate surface area is 110 Å². The fourth-order valence-corrected chi connectivity index (χ4v) is 2.81. The fourth-order valence-electron chi connectivity index (χ4n) is 1.78. The van der Waals surface area contributed by atoms with Gasteiger partial charge in [0.15, 0.2) is 0 Å². The zero-order chi connectivity index (χ0) is 13.4. The van der Waals surface area contributed by atoms with Crippen LogP contribution in [0.2, 0.25) is 0 Å². The molecule has 6 nitrogen and oxygen atoms in total. The van der Waals surface area contributed by atoms with E-state index in [0.29, 0.717) is 10.9 Å². The minimum atomic E-state index is -0.435. The summed E-state index contributed by atoms with van der Waals surface area (Å²) >= 11 is 1.37. The Bertz CT molecular complexity index is 828. The summed E-state index contributed by atoms with van der Waals surface area (Å²) in [7, 11) is 0. The molecule has 0 atom stereocenters. The van der Waals surface area contributed by atoms with Gasteiger partial charge < -0.3 is 5.21 Å². The van der Waals surface area contributed by atoms with Gasteiger partial charge in [-0.25, -0.2) is 4.98 Å². The number of hydrogen-bond donors (Lipinski definition) is 1. The van der Waals surface area contributed by atoms with E-state index in [0.717, 1.165) is 15.3 Å². The Morgan fingerprint density at radius 3 is 2.84 bits per heavy atom. The fraction of sp³-hybridized carbons (Fsp3) is 0. The predicted molar refractivity (Wildman–Crippen MR) is 70.2 cm³/mol. The molecular weight excluding hydrogens is 266 g/mol. The summed E-state index contributed by atoms with van der Waals surface area (Å²) in [6.07, 6.45) is 0. The Balaban J connectivity index is 2.34. The minimum Gasteiger partial charge on any atom is -0.410 e. The Kier molecular flexibility index (Phi) is 2.60. The number of aromatic nitrogens is 1. The standard InChI is InChI=1S/C12H7N3O3S/c16-14-7-1-3-9-11(5-7)19-12-6-8(15(17)18)2-4-10(12)13-9/h1-6,16H. The smallest absolute Gasteiger partial charge is 0.270 e. The average Bonchev–Trinajstić information content (AvgIpc) is 2.43. The lowest BCUT2D eigenvalue weighted by Gasteiger charge is -2.05. The maximum atomic E-state index is 10.8. The summed E-state index contributed by atoms with van der Waals surface area (Å²) in [6, 6.07) is 9.65. The van der Waals surface area contributed by atoms with E-state index < -0.39 is 4.92 Å². The zero-order valence-corrected chi connectivity index (χ0v) is 10.3. The van der Waals surface area contributed by atoms with Crippen molar-refractivity contribution in [2.45, 2.75) is 0 Å². The van der Waals surface area contributed by atoms with Crippen LogP contribution in [0.5, 0.6) is 0 Å². The van der Waals surface area contributed by atoms with Crippen molar-refractivity contribution >= 4 is 27.2 Å². The Morgan fingerprint density at radius 2 is 2.11 bits per heavy atom. The van der Waals surface area contributed by atoms with Crippen LogP contribution >= 0.6 is 11.3 Å². The van der Waals surface area contributed by atoms with Gasteiger partial charge in [0.25, 0.3) is 5.69 Å². The first-order valence-corrected chi connectivity index (χ1v) is 6.16. The van der Waals surface area contributed by atoms with Crippen molar-refractivity contribution in [3.8, 4) is 10.6 Å². The number of hydrogen-bond acceptors (Lipinski definition) is 6. The molecule has 0 spiro atoms. The average molecular weight is 273 g/mol. The number of benzene rings is 2. The van der Waals surface area contributed by atoms with Crippen LogP contribution in [0.1, 0.15) is 0 Å². The van der Waals surface area contributed by atoms with E-state index in [1.807, 2.05) is 0 Å². The molecule has 0 radical (unpaired) electrons. The highest BCUT2D eigenvalue weighted by Gasteiger charge is 2.11. The minimum absolute atomic E-state index is 0.0351. The molecule has 7 heteroatoms. The van der Waals surface area contributed by atoms with Gasteiger partial charge in [-0.2, -0.15) is 0 Å². The van der Waals surface area contributed by atoms with Gasteiger partial charge in [0.1, 0.15) is 5.36 Å². The monoisotopic (exact) mass is 273 g/mol. The molecule has 1 aromatic rings. The second-order valence-corrected chi connectivity index (χ2v) is 4.96. The van der Waals surface area contributed by atoms with Crippen LogP contribution in [0.3, 0.4) is 0 Å². The van der Waals surface area contributed by atoms with Crippen LogP contribution in [-0.4, -0.2) is 15.1 Å². The molecule has 19 heavy (non-hydrogen) atoms. The third kappa shape index (κ3) is 2.00. The number of nitrogens with zero attached hydrogens (tertiary/aromatic N) is 3. The highest BCUT2D eigenvalue weighted by molar-refractivity contribution is 7.21. The second kappa shape index (κ2) is 4.29. The van der Waals surface area contributed by atoms with Crippen molar-refractivity contribution in [1.29, 1.82) is 0 Å². The topological polar surface area (TPSA) is 88.6 Å². The van der Waals surface area contributed by atoms with Gasteiger partial charge in [0.2, 0.25) is 0 Å². The normalized spacial score (nSPS) is 12.1. The van der Waals surface area contributed by atoms with Gasteiger partial charge in [0.05, 0.1) is 25.7 Å². The number of nitro benzene ring substituents is 1. The molecule has 1 heterocycles. The zero-order valence-electron chi connectivity index (χ0n) is 9.48. The largest absolute Gasteiger partial charge is 0.410 e. The highest BCUT2D eigenvalue weighted by Crippen LogP contribution is 2.31.